The van der Waals surface area contributed by atoms with E-state index in [0.717, 1.165) is 48.7 Å². The van der Waals surface area contributed by atoms with Crippen LogP contribution in [0.25, 0.3) is 0 Å². The lowest BCUT2D eigenvalue weighted by Crippen LogP contribution is -2.27. The SMILES string of the molecule is COc1cc([C@@H](N)C2CCOCC2)ccc1OCc1ccccc1. The van der Waals surface area contributed by atoms with Gasteiger partial charge in [-0.1, -0.05) is 36.4 Å². The van der Waals surface area contributed by atoms with Crippen molar-refractivity contribution in [1.82, 2.24) is 0 Å². The number of benzene rings is 2. The van der Waals surface area contributed by atoms with Crippen LogP contribution >= 0.6 is 0 Å². The molecule has 4 nitrogen and oxygen atoms in total. The molecule has 0 aliphatic carbocycles. The van der Waals surface area contributed by atoms with Crippen LogP contribution in [0.1, 0.15) is 30.0 Å². The van der Waals surface area contributed by atoms with Gasteiger partial charge in [0.05, 0.1) is 7.11 Å². The van der Waals surface area contributed by atoms with E-state index in [1.165, 1.54) is 0 Å². The lowest BCUT2D eigenvalue weighted by molar-refractivity contribution is 0.0583. The molecule has 1 atom stereocenters. The summed E-state index contributed by atoms with van der Waals surface area (Å²) in [6.45, 7) is 2.12. The van der Waals surface area contributed by atoms with Gasteiger partial charge in [0.15, 0.2) is 11.5 Å². The third kappa shape index (κ3) is 4.08. The number of rotatable bonds is 6. The third-order valence-corrected chi connectivity index (χ3v) is 4.58. The maximum atomic E-state index is 6.46. The van der Waals surface area contributed by atoms with E-state index in [2.05, 4.69) is 0 Å². The first-order valence-corrected chi connectivity index (χ1v) is 8.46. The Morgan fingerprint density at radius 1 is 1.08 bits per heavy atom. The molecule has 0 saturated carbocycles. The van der Waals surface area contributed by atoms with Crippen molar-refractivity contribution in [2.45, 2.75) is 25.5 Å². The van der Waals surface area contributed by atoms with Crippen LogP contribution in [0.5, 0.6) is 11.5 Å². The van der Waals surface area contributed by atoms with Crippen molar-refractivity contribution >= 4 is 0 Å². The van der Waals surface area contributed by atoms with Crippen LogP contribution in [-0.4, -0.2) is 20.3 Å². The van der Waals surface area contributed by atoms with Crippen molar-refractivity contribution in [3.8, 4) is 11.5 Å². The molecule has 0 bridgehead atoms. The third-order valence-electron chi connectivity index (χ3n) is 4.58. The van der Waals surface area contributed by atoms with Crippen molar-refractivity contribution in [3.05, 3.63) is 59.7 Å². The molecule has 4 heteroatoms. The molecule has 0 aromatic heterocycles. The highest BCUT2D eigenvalue weighted by Gasteiger charge is 2.23. The van der Waals surface area contributed by atoms with Crippen LogP contribution in [0.3, 0.4) is 0 Å². The van der Waals surface area contributed by atoms with E-state index in [-0.39, 0.29) is 6.04 Å². The van der Waals surface area contributed by atoms with Crippen molar-refractivity contribution in [1.29, 1.82) is 0 Å². The summed E-state index contributed by atoms with van der Waals surface area (Å²) in [7, 11) is 1.66. The van der Waals surface area contributed by atoms with Gasteiger partial charge >= 0.3 is 0 Å². The van der Waals surface area contributed by atoms with Gasteiger partial charge in [0.25, 0.3) is 0 Å². The summed E-state index contributed by atoms with van der Waals surface area (Å²) < 4.78 is 16.8. The highest BCUT2D eigenvalue weighted by Crippen LogP contribution is 2.34. The van der Waals surface area contributed by atoms with Gasteiger partial charge in [-0.05, 0) is 42.0 Å². The fourth-order valence-corrected chi connectivity index (χ4v) is 3.09. The summed E-state index contributed by atoms with van der Waals surface area (Å²) in [5.74, 6) is 1.93. The Kier molecular flexibility index (Phi) is 5.72. The van der Waals surface area contributed by atoms with Crippen molar-refractivity contribution in [3.63, 3.8) is 0 Å². The van der Waals surface area contributed by atoms with Crippen LogP contribution in [0.2, 0.25) is 0 Å². The first-order chi connectivity index (χ1) is 11.8. The van der Waals surface area contributed by atoms with E-state index < -0.39 is 0 Å². The summed E-state index contributed by atoms with van der Waals surface area (Å²) in [5.41, 5.74) is 8.67. The molecule has 0 unspecified atom stereocenters. The quantitative estimate of drug-likeness (QED) is 0.879. The molecular formula is C20H25NO3. The average Bonchev–Trinajstić information content (AvgIpc) is 2.67. The zero-order chi connectivity index (χ0) is 16.8. The van der Waals surface area contributed by atoms with Gasteiger partial charge in [0.1, 0.15) is 6.61 Å². The molecule has 2 aromatic carbocycles. The molecule has 3 rings (SSSR count). The molecule has 24 heavy (non-hydrogen) atoms. The summed E-state index contributed by atoms with van der Waals surface area (Å²) in [6, 6.07) is 16.1. The van der Waals surface area contributed by atoms with E-state index in [4.69, 9.17) is 19.9 Å². The molecule has 2 aromatic rings. The maximum Gasteiger partial charge on any atom is 0.161 e. The monoisotopic (exact) mass is 327 g/mol. The fourth-order valence-electron chi connectivity index (χ4n) is 3.09. The van der Waals surface area contributed by atoms with E-state index in [1.807, 2.05) is 48.5 Å². The lowest BCUT2D eigenvalue weighted by atomic mass is 9.87. The minimum absolute atomic E-state index is 0.00553. The molecule has 2 N–H and O–H groups in total. The highest BCUT2D eigenvalue weighted by atomic mass is 16.5. The Labute approximate surface area is 143 Å². The van der Waals surface area contributed by atoms with E-state index in [9.17, 15) is 0 Å². The Morgan fingerprint density at radius 2 is 1.83 bits per heavy atom. The second-order valence-electron chi connectivity index (χ2n) is 6.16. The van der Waals surface area contributed by atoms with Gasteiger partial charge in [0.2, 0.25) is 0 Å². The minimum Gasteiger partial charge on any atom is -0.493 e. The summed E-state index contributed by atoms with van der Waals surface area (Å²) in [4.78, 5) is 0. The second kappa shape index (κ2) is 8.18. The molecule has 1 aliphatic rings. The predicted molar refractivity (Wildman–Crippen MR) is 94.2 cm³/mol. The van der Waals surface area contributed by atoms with Crippen molar-refractivity contribution < 1.29 is 14.2 Å². The predicted octanol–water partition coefficient (Wildman–Crippen LogP) is 3.70. The number of ether oxygens (including phenoxy) is 3. The molecule has 0 spiro atoms. The summed E-state index contributed by atoms with van der Waals surface area (Å²) in [6.07, 6.45) is 2.02. The Bertz CT molecular complexity index is 639. The first kappa shape index (κ1) is 16.8. The van der Waals surface area contributed by atoms with Gasteiger partial charge in [-0.15, -0.1) is 0 Å². The molecule has 1 heterocycles. The van der Waals surface area contributed by atoms with Crippen molar-refractivity contribution in [2.24, 2.45) is 11.7 Å². The Morgan fingerprint density at radius 3 is 2.54 bits per heavy atom. The zero-order valence-corrected chi connectivity index (χ0v) is 14.1. The minimum atomic E-state index is 0.00553. The van der Waals surface area contributed by atoms with Crippen LogP contribution in [-0.2, 0) is 11.3 Å². The van der Waals surface area contributed by atoms with Gasteiger partial charge < -0.3 is 19.9 Å². The van der Waals surface area contributed by atoms with Gasteiger partial charge in [-0.3, -0.25) is 0 Å². The molecule has 128 valence electrons. The van der Waals surface area contributed by atoms with Crippen molar-refractivity contribution in [2.75, 3.05) is 20.3 Å². The molecule has 1 fully saturated rings. The number of nitrogens with two attached hydrogens (primary N) is 1. The molecule has 1 aliphatic heterocycles. The first-order valence-electron chi connectivity index (χ1n) is 8.46. The summed E-state index contributed by atoms with van der Waals surface area (Å²) in [5, 5.41) is 0. The second-order valence-corrected chi connectivity index (χ2v) is 6.16. The number of methoxy groups -OCH3 is 1. The van der Waals surface area contributed by atoms with Gasteiger partial charge in [-0.25, -0.2) is 0 Å². The van der Waals surface area contributed by atoms with Crippen LogP contribution in [0, 0.1) is 5.92 Å². The fraction of sp³-hybridized carbons (Fsp3) is 0.400. The van der Waals surface area contributed by atoms with Gasteiger partial charge in [-0.2, -0.15) is 0 Å². The van der Waals surface area contributed by atoms with Crippen LogP contribution in [0.4, 0.5) is 0 Å². The Balaban J connectivity index is 1.70. The highest BCUT2D eigenvalue weighted by molar-refractivity contribution is 5.44. The van der Waals surface area contributed by atoms with E-state index in [1.54, 1.807) is 7.11 Å². The van der Waals surface area contributed by atoms with E-state index >= 15 is 0 Å². The van der Waals surface area contributed by atoms with E-state index in [0.29, 0.717) is 12.5 Å². The molecular weight excluding hydrogens is 302 g/mol. The largest absolute Gasteiger partial charge is 0.493 e. The Hall–Kier alpha value is -2.04. The smallest absolute Gasteiger partial charge is 0.161 e. The number of hydrogen-bond acceptors (Lipinski definition) is 4. The lowest BCUT2D eigenvalue weighted by Gasteiger charge is -2.28. The maximum absolute atomic E-state index is 6.46. The zero-order valence-electron chi connectivity index (χ0n) is 14.1. The normalized spacial score (nSPS) is 16.6. The average molecular weight is 327 g/mol. The van der Waals surface area contributed by atoms with Crippen LogP contribution < -0.4 is 15.2 Å². The molecule has 0 amide bonds. The number of hydrogen-bond donors (Lipinski definition) is 1. The van der Waals surface area contributed by atoms with Crippen LogP contribution in [0.15, 0.2) is 48.5 Å². The summed E-state index contributed by atoms with van der Waals surface area (Å²) >= 11 is 0. The molecule has 1 saturated heterocycles. The molecule has 0 radical (unpaired) electrons. The van der Waals surface area contributed by atoms with Gasteiger partial charge in [0, 0.05) is 19.3 Å². The standard InChI is InChI=1S/C20H25NO3/c1-22-19-13-17(20(21)16-9-11-23-12-10-16)7-8-18(19)24-14-15-5-3-2-4-6-15/h2-8,13,16,20H,9-12,14,21H2,1H3/t20-/m0/s1. The topological polar surface area (TPSA) is 53.7 Å².